The second-order valence-corrected chi connectivity index (χ2v) is 7.84. The highest BCUT2D eigenvalue weighted by atomic mass is 79.9. The lowest BCUT2D eigenvalue weighted by atomic mass is 10.3. The molecule has 0 aliphatic rings. The lowest BCUT2D eigenvalue weighted by molar-refractivity contribution is 0.0727. The Morgan fingerprint density at radius 3 is 2.78 bits per heavy atom. The van der Waals surface area contributed by atoms with Crippen molar-refractivity contribution in [1.82, 2.24) is 9.97 Å². The number of benzene rings is 1. The number of ether oxygens (including phenoxy) is 1. The lowest BCUT2D eigenvalue weighted by Gasteiger charge is -2.07. The minimum Gasteiger partial charge on any atom is -0.422 e. The van der Waals surface area contributed by atoms with Crippen molar-refractivity contribution in [2.24, 2.45) is 0 Å². The summed E-state index contributed by atoms with van der Waals surface area (Å²) >= 11 is 9.14. The van der Waals surface area contributed by atoms with Crippen molar-refractivity contribution in [3.63, 3.8) is 0 Å². The van der Waals surface area contributed by atoms with E-state index in [1.54, 1.807) is 31.2 Å². The number of carbonyl (C=O) groups excluding carboxylic acids is 1. The molecule has 1 heterocycles. The van der Waals surface area contributed by atoms with Crippen molar-refractivity contribution >= 4 is 43.3 Å². The number of sulfone groups is 1. The van der Waals surface area contributed by atoms with Crippen LogP contribution < -0.4 is 4.74 Å². The van der Waals surface area contributed by atoms with Gasteiger partial charge in [0.1, 0.15) is 5.75 Å². The zero-order valence-electron chi connectivity index (χ0n) is 12.0. The fourth-order valence-corrected chi connectivity index (χ4v) is 3.40. The number of halogens is 2. The summed E-state index contributed by atoms with van der Waals surface area (Å²) in [6, 6.07) is 6.62. The normalized spacial score (nSPS) is 11.3. The highest BCUT2D eigenvalue weighted by Crippen LogP contribution is 2.21. The highest BCUT2D eigenvalue weighted by molar-refractivity contribution is 9.10. The molecule has 0 atom stereocenters. The van der Waals surface area contributed by atoms with Gasteiger partial charge in [-0.2, -0.15) is 0 Å². The summed E-state index contributed by atoms with van der Waals surface area (Å²) < 4.78 is 29.9. The first-order valence-corrected chi connectivity index (χ1v) is 9.39. The van der Waals surface area contributed by atoms with Gasteiger partial charge in [-0.1, -0.05) is 40.5 Å². The van der Waals surface area contributed by atoms with Crippen LogP contribution in [0.4, 0.5) is 0 Å². The van der Waals surface area contributed by atoms with E-state index in [1.165, 1.54) is 0 Å². The number of esters is 1. The minimum atomic E-state index is -3.66. The zero-order chi connectivity index (χ0) is 17.0. The molecule has 0 bridgehead atoms. The van der Waals surface area contributed by atoms with E-state index in [1.807, 2.05) is 0 Å². The molecule has 0 fully saturated rings. The molecule has 0 unspecified atom stereocenters. The molecule has 2 aromatic rings. The number of aromatic nitrogens is 2. The SMILES string of the molecule is CCCS(=O)(=O)c1ncc(Cl)c(C(=O)Oc2cccc(Br)c2)n1. The Morgan fingerprint density at radius 2 is 2.13 bits per heavy atom. The molecule has 1 aromatic heterocycles. The molecule has 9 heteroatoms. The van der Waals surface area contributed by atoms with E-state index in [-0.39, 0.29) is 22.2 Å². The van der Waals surface area contributed by atoms with Gasteiger partial charge in [0.15, 0.2) is 5.69 Å². The van der Waals surface area contributed by atoms with Crippen LogP contribution in [0.2, 0.25) is 5.02 Å². The van der Waals surface area contributed by atoms with Gasteiger partial charge in [-0.05, 0) is 24.6 Å². The van der Waals surface area contributed by atoms with E-state index in [0.29, 0.717) is 6.42 Å². The molecule has 6 nitrogen and oxygen atoms in total. The molecule has 0 saturated heterocycles. The van der Waals surface area contributed by atoms with Crippen LogP contribution in [-0.2, 0) is 9.84 Å². The molecule has 0 radical (unpaired) electrons. The van der Waals surface area contributed by atoms with Crippen LogP contribution in [0.15, 0.2) is 40.1 Å². The van der Waals surface area contributed by atoms with Crippen molar-refractivity contribution in [2.75, 3.05) is 5.75 Å². The zero-order valence-corrected chi connectivity index (χ0v) is 15.2. The van der Waals surface area contributed by atoms with E-state index < -0.39 is 21.0 Å². The maximum atomic E-state index is 12.2. The van der Waals surface area contributed by atoms with Crippen molar-refractivity contribution in [1.29, 1.82) is 0 Å². The Kier molecular flexibility index (Phi) is 5.72. The smallest absolute Gasteiger partial charge is 0.364 e. The summed E-state index contributed by atoms with van der Waals surface area (Å²) in [4.78, 5) is 19.6. The van der Waals surface area contributed by atoms with E-state index in [9.17, 15) is 13.2 Å². The fourth-order valence-electron chi connectivity index (χ4n) is 1.69. The Bertz CT molecular complexity index is 842. The van der Waals surface area contributed by atoms with Crippen molar-refractivity contribution < 1.29 is 17.9 Å². The third kappa shape index (κ3) is 4.49. The quantitative estimate of drug-likeness (QED) is 0.420. The maximum absolute atomic E-state index is 12.2. The first kappa shape index (κ1) is 17.8. The summed E-state index contributed by atoms with van der Waals surface area (Å²) in [6.07, 6.45) is 1.49. The number of carbonyl (C=O) groups is 1. The summed E-state index contributed by atoms with van der Waals surface area (Å²) in [5.74, 6) is -0.699. The summed E-state index contributed by atoms with van der Waals surface area (Å²) in [5, 5.41) is -0.523. The average molecular weight is 420 g/mol. The Hall–Kier alpha value is -1.51. The molecule has 0 spiro atoms. The highest BCUT2D eigenvalue weighted by Gasteiger charge is 2.22. The number of nitrogens with zero attached hydrogens (tertiary/aromatic N) is 2. The molecular formula is C14H12BrClN2O4S. The number of rotatable bonds is 5. The topological polar surface area (TPSA) is 86.2 Å². The van der Waals surface area contributed by atoms with E-state index in [0.717, 1.165) is 10.7 Å². The van der Waals surface area contributed by atoms with Crippen LogP contribution in [-0.4, -0.2) is 30.1 Å². The van der Waals surface area contributed by atoms with Gasteiger partial charge in [-0.15, -0.1) is 0 Å². The molecule has 0 saturated carbocycles. The van der Waals surface area contributed by atoms with Crippen LogP contribution in [0.3, 0.4) is 0 Å². The summed E-state index contributed by atoms with van der Waals surface area (Å²) in [5.41, 5.74) is -0.295. The average Bonchev–Trinajstić information content (AvgIpc) is 2.47. The maximum Gasteiger partial charge on any atom is 0.364 e. The van der Waals surface area contributed by atoms with E-state index in [4.69, 9.17) is 16.3 Å². The van der Waals surface area contributed by atoms with Gasteiger partial charge in [-0.3, -0.25) is 0 Å². The van der Waals surface area contributed by atoms with Gasteiger partial charge in [0, 0.05) is 4.47 Å². The predicted molar refractivity (Wildman–Crippen MR) is 88.5 cm³/mol. The largest absolute Gasteiger partial charge is 0.422 e. The summed E-state index contributed by atoms with van der Waals surface area (Å²) in [7, 11) is -3.66. The first-order valence-electron chi connectivity index (χ1n) is 6.56. The molecule has 0 aliphatic carbocycles. The van der Waals surface area contributed by atoms with Crippen LogP contribution >= 0.6 is 27.5 Å². The van der Waals surface area contributed by atoms with Crippen molar-refractivity contribution in [3.05, 3.63) is 45.7 Å². The Morgan fingerprint density at radius 1 is 1.39 bits per heavy atom. The Balaban J connectivity index is 2.33. The van der Waals surface area contributed by atoms with Gasteiger partial charge in [0.05, 0.1) is 17.0 Å². The van der Waals surface area contributed by atoms with Crippen molar-refractivity contribution in [2.45, 2.75) is 18.5 Å². The first-order chi connectivity index (χ1) is 10.8. The van der Waals surface area contributed by atoms with Gasteiger partial charge in [0.2, 0.25) is 15.0 Å². The predicted octanol–water partition coefficient (Wildman–Crippen LogP) is 3.30. The third-order valence-electron chi connectivity index (χ3n) is 2.67. The van der Waals surface area contributed by atoms with Crippen LogP contribution in [0.5, 0.6) is 5.75 Å². The number of hydrogen-bond donors (Lipinski definition) is 0. The van der Waals surface area contributed by atoms with Crippen LogP contribution in [0.1, 0.15) is 23.8 Å². The fraction of sp³-hybridized carbons (Fsp3) is 0.214. The van der Waals surface area contributed by atoms with Crippen LogP contribution in [0, 0.1) is 0 Å². The lowest BCUT2D eigenvalue weighted by Crippen LogP contribution is -2.17. The van der Waals surface area contributed by atoms with Gasteiger partial charge >= 0.3 is 5.97 Å². The summed E-state index contributed by atoms with van der Waals surface area (Å²) in [6.45, 7) is 1.72. The van der Waals surface area contributed by atoms with Crippen LogP contribution in [0.25, 0.3) is 0 Å². The molecule has 1 aromatic carbocycles. The minimum absolute atomic E-state index is 0.0829. The number of hydrogen-bond acceptors (Lipinski definition) is 6. The molecule has 122 valence electrons. The molecule has 0 amide bonds. The van der Waals surface area contributed by atoms with Gasteiger partial charge in [-0.25, -0.2) is 23.2 Å². The van der Waals surface area contributed by atoms with Gasteiger partial charge < -0.3 is 4.74 Å². The molecule has 0 N–H and O–H groups in total. The van der Waals surface area contributed by atoms with Gasteiger partial charge in [0.25, 0.3) is 0 Å². The standard InChI is InChI=1S/C14H12BrClN2O4S/c1-2-6-23(20,21)14-17-8-11(16)12(18-14)13(19)22-10-5-3-4-9(15)7-10/h3-5,7-8H,2,6H2,1H3. The molecule has 2 rings (SSSR count). The molecular weight excluding hydrogens is 408 g/mol. The molecule has 0 aliphatic heterocycles. The van der Waals surface area contributed by atoms with E-state index in [2.05, 4.69) is 25.9 Å². The monoisotopic (exact) mass is 418 g/mol. The second-order valence-electron chi connectivity index (χ2n) is 4.51. The van der Waals surface area contributed by atoms with Crippen molar-refractivity contribution in [3.8, 4) is 5.75 Å². The second kappa shape index (κ2) is 7.37. The molecule has 23 heavy (non-hydrogen) atoms. The van der Waals surface area contributed by atoms with E-state index >= 15 is 0 Å². The third-order valence-corrected chi connectivity index (χ3v) is 5.14. The Labute approximate surface area is 146 Å².